The smallest absolute Gasteiger partial charge is 0.303 e. The summed E-state index contributed by atoms with van der Waals surface area (Å²) in [5.74, 6) is -0.698. The van der Waals surface area contributed by atoms with Crippen molar-refractivity contribution in [3.8, 4) is 0 Å². The lowest BCUT2D eigenvalue weighted by atomic mass is 9.53. The minimum atomic E-state index is -0.437. The number of carbonyl (C=O) groups excluding carboxylic acids is 3. The fourth-order valence-corrected chi connectivity index (χ4v) is 6.55. The second-order valence-electron chi connectivity index (χ2n) is 8.93. The summed E-state index contributed by atoms with van der Waals surface area (Å²) < 4.78 is 29.1. The van der Waals surface area contributed by atoms with E-state index in [1.807, 2.05) is 0 Å². The van der Waals surface area contributed by atoms with Crippen LogP contribution < -0.4 is 0 Å². The summed E-state index contributed by atoms with van der Waals surface area (Å²) in [5, 5.41) is 0. The monoisotopic (exact) mass is 406 g/mol. The van der Waals surface area contributed by atoms with E-state index in [1.54, 1.807) is 0 Å². The lowest BCUT2D eigenvalue weighted by Gasteiger charge is -2.49. The number of fused-ring (bicyclic) bond motifs is 11. The van der Waals surface area contributed by atoms with Gasteiger partial charge in [0.1, 0.15) is 31.0 Å². The molecule has 4 bridgehead atoms. The predicted molar refractivity (Wildman–Crippen MR) is 96.4 cm³/mol. The van der Waals surface area contributed by atoms with Gasteiger partial charge in [0.2, 0.25) is 0 Å². The van der Waals surface area contributed by atoms with Crippen LogP contribution in [0.5, 0.6) is 0 Å². The van der Waals surface area contributed by atoms with Crippen LogP contribution in [0.15, 0.2) is 11.6 Å². The van der Waals surface area contributed by atoms with Gasteiger partial charge in [-0.1, -0.05) is 6.08 Å². The third-order valence-corrected chi connectivity index (χ3v) is 7.28. The fourth-order valence-electron chi connectivity index (χ4n) is 6.55. The van der Waals surface area contributed by atoms with Crippen molar-refractivity contribution in [3.63, 3.8) is 0 Å². The Morgan fingerprint density at radius 3 is 2.38 bits per heavy atom. The summed E-state index contributed by atoms with van der Waals surface area (Å²) in [6, 6.07) is 0. The predicted octanol–water partition coefficient (Wildman–Crippen LogP) is 1.30. The second kappa shape index (κ2) is 6.54. The van der Waals surface area contributed by atoms with Crippen molar-refractivity contribution in [3.05, 3.63) is 11.6 Å². The number of allylic oxidation sites excluding steroid dienone is 1. The highest BCUT2D eigenvalue weighted by molar-refractivity contribution is 5.67. The highest BCUT2D eigenvalue weighted by atomic mass is 16.6. The first-order valence-electron chi connectivity index (χ1n) is 10.3. The highest BCUT2D eigenvalue weighted by Crippen LogP contribution is 2.65. The van der Waals surface area contributed by atoms with E-state index in [0.29, 0.717) is 19.3 Å². The zero-order valence-electron chi connectivity index (χ0n) is 16.8. The molecule has 0 N–H and O–H groups in total. The lowest BCUT2D eigenvalue weighted by Crippen LogP contribution is -2.56. The average Bonchev–Trinajstić information content (AvgIpc) is 3.36. The van der Waals surface area contributed by atoms with Crippen LogP contribution in [0.2, 0.25) is 0 Å². The van der Waals surface area contributed by atoms with Gasteiger partial charge in [-0.2, -0.15) is 0 Å². The molecule has 9 atom stereocenters. The molecule has 4 heterocycles. The van der Waals surface area contributed by atoms with Crippen LogP contribution >= 0.6 is 0 Å². The van der Waals surface area contributed by atoms with Crippen LogP contribution in [0, 0.1) is 17.3 Å². The minimum absolute atomic E-state index is 0.0484. The molecule has 0 saturated carbocycles. The Hall–Kier alpha value is -1.93. The zero-order valence-corrected chi connectivity index (χ0v) is 16.8. The molecule has 0 aromatic carbocycles. The maximum atomic E-state index is 11.6. The highest BCUT2D eigenvalue weighted by Gasteiger charge is 2.71. The largest absolute Gasteiger partial charge is 0.465 e. The Bertz CT molecular complexity index is 790. The van der Waals surface area contributed by atoms with Crippen LogP contribution in [0.1, 0.15) is 40.0 Å². The standard InChI is InChI=1S/C21H26O8/c1-9(22)25-8-21-5-4-12-17(13-6-15(19(12)28-13)26-10(2)23)18(21)14-7-16(20(21)29-14)27-11(3)24/h4,13-20H,5-8H2,1-3H3/t13-,14-,15-,16-,17+,18+,19-,20+,21+/m1/s1. The Kier molecular flexibility index (Phi) is 4.30. The molecule has 0 aromatic rings. The van der Waals surface area contributed by atoms with Crippen molar-refractivity contribution in [2.75, 3.05) is 6.61 Å². The lowest BCUT2D eigenvalue weighted by molar-refractivity contribution is -0.161. The van der Waals surface area contributed by atoms with Crippen LogP contribution in [-0.2, 0) is 38.1 Å². The molecule has 4 aliphatic heterocycles. The second-order valence-corrected chi connectivity index (χ2v) is 8.93. The number of ether oxygens (including phenoxy) is 5. The molecule has 5 rings (SSSR count). The summed E-state index contributed by atoms with van der Waals surface area (Å²) in [7, 11) is 0. The zero-order chi connectivity index (χ0) is 20.5. The Morgan fingerprint density at radius 2 is 1.69 bits per heavy atom. The van der Waals surface area contributed by atoms with Gasteiger partial charge in [-0.25, -0.2) is 0 Å². The maximum Gasteiger partial charge on any atom is 0.303 e. The summed E-state index contributed by atoms with van der Waals surface area (Å²) in [6.45, 7) is 4.45. The summed E-state index contributed by atoms with van der Waals surface area (Å²) in [5.41, 5.74) is 0.740. The molecule has 158 valence electrons. The summed E-state index contributed by atoms with van der Waals surface area (Å²) in [4.78, 5) is 34.6. The van der Waals surface area contributed by atoms with Crippen molar-refractivity contribution in [1.82, 2.24) is 0 Å². The van der Waals surface area contributed by atoms with Crippen molar-refractivity contribution in [2.24, 2.45) is 17.3 Å². The first-order valence-corrected chi connectivity index (χ1v) is 10.3. The summed E-state index contributed by atoms with van der Waals surface area (Å²) >= 11 is 0. The number of rotatable bonds is 4. The van der Waals surface area contributed by atoms with Crippen molar-refractivity contribution < 1.29 is 38.1 Å². The minimum Gasteiger partial charge on any atom is -0.465 e. The van der Waals surface area contributed by atoms with E-state index < -0.39 is 5.41 Å². The van der Waals surface area contributed by atoms with Crippen LogP contribution in [0.4, 0.5) is 0 Å². The van der Waals surface area contributed by atoms with Crippen molar-refractivity contribution in [1.29, 1.82) is 0 Å². The molecule has 4 saturated heterocycles. The van der Waals surface area contributed by atoms with Gasteiger partial charge < -0.3 is 23.7 Å². The molecule has 5 aliphatic rings. The number of hydrogen-bond donors (Lipinski definition) is 0. The number of carbonyl (C=O) groups is 3. The molecule has 0 aromatic heterocycles. The number of hydrogen-bond acceptors (Lipinski definition) is 8. The average molecular weight is 406 g/mol. The molecule has 0 spiro atoms. The van der Waals surface area contributed by atoms with Gasteiger partial charge >= 0.3 is 17.9 Å². The van der Waals surface area contributed by atoms with Crippen molar-refractivity contribution in [2.45, 2.75) is 76.7 Å². The van der Waals surface area contributed by atoms with Gasteiger partial charge in [0.25, 0.3) is 0 Å². The Labute approximate surface area is 168 Å². The molecule has 0 amide bonds. The molecule has 29 heavy (non-hydrogen) atoms. The molecule has 0 unspecified atom stereocenters. The third-order valence-electron chi connectivity index (χ3n) is 7.28. The quantitative estimate of drug-likeness (QED) is 0.392. The third kappa shape index (κ3) is 2.75. The van der Waals surface area contributed by atoms with Gasteiger partial charge in [0.15, 0.2) is 0 Å². The molecule has 8 nitrogen and oxygen atoms in total. The SMILES string of the molecule is CC(=O)OC[C@@]12CC=C3[C@H]([C@@H]1[C@H]1C[C@@H](OC(C)=O)[C@@H]2O1)[C@H]1C[C@@H](OC(C)=O)[C@@H]3O1. The van der Waals surface area contributed by atoms with E-state index in [-0.39, 0.29) is 73.0 Å². The van der Waals surface area contributed by atoms with Gasteiger partial charge in [-0.3, -0.25) is 14.4 Å². The first-order chi connectivity index (χ1) is 13.8. The van der Waals surface area contributed by atoms with Gasteiger partial charge in [0.05, 0.1) is 12.2 Å². The molecular weight excluding hydrogens is 380 g/mol. The van der Waals surface area contributed by atoms with Crippen LogP contribution in [0.3, 0.4) is 0 Å². The summed E-state index contributed by atoms with van der Waals surface area (Å²) in [6.07, 6.45) is 2.90. The van der Waals surface area contributed by atoms with Gasteiger partial charge in [-0.05, 0) is 12.0 Å². The van der Waals surface area contributed by atoms with Gasteiger partial charge in [0, 0.05) is 50.9 Å². The van der Waals surface area contributed by atoms with E-state index in [0.717, 1.165) is 0 Å². The number of esters is 3. The van der Waals surface area contributed by atoms with E-state index >= 15 is 0 Å². The molecular formula is C21H26O8. The molecule has 0 radical (unpaired) electrons. The first kappa shape index (κ1) is 19.1. The van der Waals surface area contributed by atoms with Crippen LogP contribution in [0.25, 0.3) is 0 Å². The van der Waals surface area contributed by atoms with E-state index in [9.17, 15) is 14.4 Å². The van der Waals surface area contributed by atoms with Gasteiger partial charge in [-0.15, -0.1) is 0 Å². The molecule has 8 heteroatoms. The molecule has 4 fully saturated rings. The Morgan fingerprint density at radius 1 is 1.00 bits per heavy atom. The van der Waals surface area contributed by atoms with Crippen molar-refractivity contribution >= 4 is 17.9 Å². The normalized spacial score (nSPS) is 46.0. The molecule has 1 aliphatic carbocycles. The van der Waals surface area contributed by atoms with E-state index in [2.05, 4.69) is 6.08 Å². The maximum absolute atomic E-state index is 11.6. The van der Waals surface area contributed by atoms with Crippen LogP contribution in [-0.4, -0.2) is 61.1 Å². The fraction of sp³-hybridized carbons (Fsp3) is 0.762. The Balaban J connectivity index is 1.47. The van der Waals surface area contributed by atoms with E-state index in [1.165, 1.54) is 26.3 Å². The van der Waals surface area contributed by atoms with E-state index in [4.69, 9.17) is 23.7 Å². The topological polar surface area (TPSA) is 97.4 Å².